The summed E-state index contributed by atoms with van der Waals surface area (Å²) in [4.78, 5) is 15.1. The molecule has 1 aromatic rings. The summed E-state index contributed by atoms with van der Waals surface area (Å²) < 4.78 is 0.852. The van der Waals surface area contributed by atoms with Gasteiger partial charge in [-0.25, -0.2) is 0 Å². The summed E-state index contributed by atoms with van der Waals surface area (Å²) in [5.41, 5.74) is 0.443. The Labute approximate surface area is 145 Å². The zero-order valence-corrected chi connectivity index (χ0v) is 14.7. The van der Waals surface area contributed by atoms with E-state index in [0.717, 1.165) is 43.8 Å². The van der Waals surface area contributed by atoms with E-state index in [2.05, 4.69) is 10.2 Å². The molecule has 22 heavy (non-hydrogen) atoms. The van der Waals surface area contributed by atoms with E-state index >= 15 is 0 Å². The van der Waals surface area contributed by atoms with Gasteiger partial charge in [0.2, 0.25) is 0 Å². The van der Waals surface area contributed by atoms with Crippen LogP contribution in [-0.2, 0) is 4.79 Å². The van der Waals surface area contributed by atoms with Crippen molar-refractivity contribution in [1.82, 2.24) is 4.90 Å². The SMILES string of the molecule is C[C@@H](C(=O)Nc1c(Cl)cc(Cl)cc1Cl)[N+]12CCN(CC1)CC2. The molecule has 3 saturated heterocycles. The van der Waals surface area contributed by atoms with Crippen LogP contribution in [0.15, 0.2) is 12.1 Å². The van der Waals surface area contributed by atoms with Gasteiger partial charge in [-0.05, 0) is 19.1 Å². The standard InChI is InChI=1S/C15H18Cl3N3O/c1-10(21-5-2-20(3-6-21)4-7-21)15(22)19-14-12(17)8-11(16)9-13(14)18/h8-10H,2-7H2,1H3/p+1/t10-/m0/s1. The molecule has 1 N–H and O–H groups in total. The van der Waals surface area contributed by atoms with Crippen LogP contribution in [-0.4, -0.2) is 60.6 Å². The zero-order valence-electron chi connectivity index (χ0n) is 12.4. The third kappa shape index (κ3) is 2.95. The number of carbonyl (C=O) groups excluding carboxylic acids is 1. The van der Waals surface area contributed by atoms with Gasteiger partial charge in [0.1, 0.15) is 0 Å². The van der Waals surface area contributed by atoms with Gasteiger partial charge in [0, 0.05) is 24.7 Å². The van der Waals surface area contributed by atoms with E-state index in [4.69, 9.17) is 34.8 Å². The summed E-state index contributed by atoms with van der Waals surface area (Å²) in [6.45, 7) is 8.28. The fourth-order valence-electron chi connectivity index (χ4n) is 3.41. The number of nitrogens with zero attached hydrogens (tertiary/aromatic N) is 2. The molecule has 1 atom stereocenters. The highest BCUT2D eigenvalue weighted by atomic mass is 35.5. The number of anilines is 1. The van der Waals surface area contributed by atoms with Crippen molar-refractivity contribution in [3.8, 4) is 0 Å². The van der Waals surface area contributed by atoms with Crippen LogP contribution < -0.4 is 5.32 Å². The van der Waals surface area contributed by atoms with Crippen molar-refractivity contribution in [2.45, 2.75) is 13.0 Å². The molecular formula is C15H19Cl3N3O+. The second kappa shape index (κ2) is 6.17. The number of benzene rings is 1. The van der Waals surface area contributed by atoms with Crippen molar-refractivity contribution in [3.63, 3.8) is 0 Å². The molecule has 3 aliphatic heterocycles. The lowest BCUT2D eigenvalue weighted by Crippen LogP contribution is -2.72. The first-order chi connectivity index (χ1) is 10.4. The number of carbonyl (C=O) groups is 1. The minimum Gasteiger partial charge on any atom is -0.318 e. The number of piperazine rings is 3. The normalized spacial score (nSPS) is 28.5. The molecule has 1 aromatic carbocycles. The smallest absolute Gasteiger partial charge is 0.282 e. The van der Waals surface area contributed by atoms with Crippen LogP contribution >= 0.6 is 34.8 Å². The second-order valence-corrected chi connectivity index (χ2v) is 7.39. The Morgan fingerprint density at radius 1 is 1.14 bits per heavy atom. The van der Waals surface area contributed by atoms with Crippen molar-refractivity contribution >= 4 is 46.4 Å². The van der Waals surface area contributed by atoms with Gasteiger partial charge in [0.15, 0.2) is 6.04 Å². The van der Waals surface area contributed by atoms with Crippen LogP contribution in [0.4, 0.5) is 5.69 Å². The van der Waals surface area contributed by atoms with E-state index in [-0.39, 0.29) is 11.9 Å². The molecule has 3 aliphatic rings. The Balaban J connectivity index is 1.77. The minimum absolute atomic E-state index is 0.0403. The number of halogens is 3. The molecule has 4 nitrogen and oxygen atoms in total. The largest absolute Gasteiger partial charge is 0.318 e. The summed E-state index contributed by atoms with van der Waals surface area (Å²) in [6.07, 6.45) is 0. The van der Waals surface area contributed by atoms with Crippen LogP contribution in [0.25, 0.3) is 0 Å². The van der Waals surface area contributed by atoms with Crippen LogP contribution in [0.1, 0.15) is 6.92 Å². The van der Waals surface area contributed by atoms with E-state index in [1.807, 2.05) is 6.92 Å². The number of hydrogen-bond donors (Lipinski definition) is 1. The first-order valence-corrected chi connectivity index (χ1v) is 8.58. The van der Waals surface area contributed by atoms with Gasteiger partial charge in [0.05, 0.1) is 35.4 Å². The number of amides is 1. The van der Waals surface area contributed by atoms with Gasteiger partial charge < -0.3 is 9.80 Å². The molecule has 3 heterocycles. The van der Waals surface area contributed by atoms with E-state index in [1.54, 1.807) is 12.1 Å². The molecule has 0 spiro atoms. The lowest BCUT2D eigenvalue weighted by molar-refractivity contribution is -0.953. The number of hydrogen-bond acceptors (Lipinski definition) is 2. The number of rotatable bonds is 3. The second-order valence-electron chi connectivity index (χ2n) is 6.14. The maximum atomic E-state index is 12.7. The van der Waals surface area contributed by atoms with Crippen molar-refractivity contribution in [2.24, 2.45) is 0 Å². The van der Waals surface area contributed by atoms with E-state index in [9.17, 15) is 4.79 Å². The quantitative estimate of drug-likeness (QED) is 0.837. The monoisotopic (exact) mass is 362 g/mol. The Morgan fingerprint density at radius 3 is 2.14 bits per heavy atom. The molecule has 0 aromatic heterocycles. The summed E-state index contributed by atoms with van der Waals surface area (Å²) in [5, 5.41) is 4.07. The molecular weight excluding hydrogens is 345 g/mol. The van der Waals surface area contributed by atoms with Crippen LogP contribution in [0.5, 0.6) is 0 Å². The zero-order chi connectivity index (χ0) is 15.9. The molecule has 7 heteroatoms. The predicted octanol–water partition coefficient (Wildman–Crippen LogP) is 3.12. The Morgan fingerprint density at radius 2 is 1.64 bits per heavy atom. The van der Waals surface area contributed by atoms with Gasteiger partial charge in [0.25, 0.3) is 5.91 Å². The Hall–Kier alpha value is -0.520. The average molecular weight is 364 g/mol. The molecule has 1 amide bonds. The highest BCUT2D eigenvalue weighted by molar-refractivity contribution is 6.42. The van der Waals surface area contributed by atoms with E-state index in [1.165, 1.54) is 0 Å². The van der Waals surface area contributed by atoms with Crippen LogP contribution in [0.3, 0.4) is 0 Å². The number of fused-ring (bicyclic) bond motifs is 3. The molecule has 120 valence electrons. The maximum absolute atomic E-state index is 12.7. The van der Waals surface area contributed by atoms with Crippen molar-refractivity contribution in [3.05, 3.63) is 27.2 Å². The topological polar surface area (TPSA) is 32.3 Å². The highest BCUT2D eigenvalue weighted by Gasteiger charge is 2.45. The summed E-state index contributed by atoms with van der Waals surface area (Å²) in [5.74, 6) is -0.0403. The fourth-order valence-corrected chi connectivity index (χ4v) is 4.32. The van der Waals surface area contributed by atoms with Gasteiger partial charge in [-0.1, -0.05) is 34.8 Å². The Kier molecular flexibility index (Phi) is 4.59. The highest BCUT2D eigenvalue weighted by Crippen LogP contribution is 2.34. The van der Waals surface area contributed by atoms with Crippen molar-refractivity contribution in [2.75, 3.05) is 44.6 Å². The molecule has 2 bridgehead atoms. The van der Waals surface area contributed by atoms with Gasteiger partial charge in [-0.2, -0.15) is 0 Å². The first kappa shape index (κ1) is 16.3. The molecule has 0 radical (unpaired) electrons. The number of nitrogens with one attached hydrogen (secondary N) is 1. The van der Waals surface area contributed by atoms with Gasteiger partial charge in [-0.15, -0.1) is 0 Å². The third-order valence-electron chi connectivity index (χ3n) is 5.04. The fraction of sp³-hybridized carbons (Fsp3) is 0.533. The molecule has 0 aliphatic carbocycles. The van der Waals surface area contributed by atoms with E-state index < -0.39 is 0 Å². The maximum Gasteiger partial charge on any atom is 0.282 e. The predicted molar refractivity (Wildman–Crippen MR) is 90.9 cm³/mol. The first-order valence-electron chi connectivity index (χ1n) is 7.45. The molecule has 3 fully saturated rings. The third-order valence-corrected chi connectivity index (χ3v) is 5.86. The van der Waals surface area contributed by atoms with Crippen molar-refractivity contribution < 1.29 is 9.28 Å². The lowest BCUT2D eigenvalue weighted by atomic mass is 10.1. The summed E-state index contributed by atoms with van der Waals surface area (Å²) in [7, 11) is 0. The van der Waals surface area contributed by atoms with Gasteiger partial charge in [-0.3, -0.25) is 9.69 Å². The van der Waals surface area contributed by atoms with Crippen LogP contribution in [0, 0.1) is 0 Å². The number of quaternary nitrogens is 1. The van der Waals surface area contributed by atoms with E-state index in [0.29, 0.717) is 20.8 Å². The van der Waals surface area contributed by atoms with Crippen LogP contribution in [0.2, 0.25) is 15.1 Å². The summed E-state index contributed by atoms with van der Waals surface area (Å²) >= 11 is 18.2. The average Bonchev–Trinajstić information content (AvgIpc) is 2.51. The minimum atomic E-state index is -0.120. The summed E-state index contributed by atoms with van der Waals surface area (Å²) in [6, 6.07) is 3.05. The molecule has 4 rings (SSSR count). The van der Waals surface area contributed by atoms with Crippen molar-refractivity contribution in [1.29, 1.82) is 0 Å². The lowest BCUT2D eigenvalue weighted by Gasteiger charge is -2.52. The molecule has 0 saturated carbocycles. The van der Waals surface area contributed by atoms with Gasteiger partial charge >= 0.3 is 0 Å². The Bertz CT molecular complexity index is 563. The molecule has 0 unspecified atom stereocenters.